The highest BCUT2D eigenvalue weighted by Gasteiger charge is 2.22. The Morgan fingerprint density at radius 3 is 2.75 bits per heavy atom. The molecule has 0 spiro atoms. The van der Waals surface area contributed by atoms with Gasteiger partial charge in [-0.1, -0.05) is 23.2 Å². The van der Waals surface area contributed by atoms with Crippen molar-refractivity contribution < 1.29 is 23.0 Å². The summed E-state index contributed by atoms with van der Waals surface area (Å²) in [6, 6.07) is 2.80. The predicted octanol–water partition coefficient (Wildman–Crippen LogP) is 4.03. The fourth-order valence-corrected chi connectivity index (χ4v) is 4.55. The molecule has 1 aliphatic heterocycles. The third-order valence-corrected chi connectivity index (χ3v) is 7.00. The van der Waals surface area contributed by atoms with Crippen molar-refractivity contribution in [2.75, 3.05) is 45.3 Å². The summed E-state index contributed by atoms with van der Waals surface area (Å²) < 4.78 is 37.9. The molecule has 0 radical (unpaired) electrons. The number of rotatable bonds is 7. The molecule has 1 saturated heterocycles. The minimum atomic E-state index is -2.81. The highest BCUT2D eigenvalue weighted by atomic mass is 32.1. The van der Waals surface area contributed by atoms with Gasteiger partial charge in [-0.3, -0.25) is 20.0 Å². The van der Waals surface area contributed by atoms with Crippen LogP contribution in [0.1, 0.15) is 52.4 Å². The van der Waals surface area contributed by atoms with Crippen LogP contribution in [-0.2, 0) is 4.74 Å². The smallest absolute Gasteiger partial charge is 0.280 e. The molecule has 2 aliphatic rings. The first-order valence-corrected chi connectivity index (χ1v) is 13.6. The Kier molecular flexibility index (Phi) is 8.91. The first-order valence-electron chi connectivity index (χ1n) is 12.8. The summed E-state index contributed by atoms with van der Waals surface area (Å²) in [7, 11) is 1.40. The highest BCUT2D eigenvalue weighted by molar-refractivity contribution is 7.15. The van der Waals surface area contributed by atoms with Gasteiger partial charge in [0.25, 0.3) is 12.3 Å². The number of methoxy groups -OCH3 is 1. The maximum absolute atomic E-state index is 13.5. The van der Waals surface area contributed by atoms with Crippen LogP contribution in [0, 0.1) is 29.6 Å². The molecular formula is C28H26F2N6O3S. The maximum atomic E-state index is 13.5. The number of halogens is 2. The van der Waals surface area contributed by atoms with Crippen molar-refractivity contribution in [2.45, 2.75) is 25.7 Å². The van der Waals surface area contributed by atoms with E-state index in [-0.39, 0.29) is 22.0 Å². The molecule has 1 aliphatic carbocycles. The van der Waals surface area contributed by atoms with E-state index in [1.54, 1.807) is 6.07 Å². The summed E-state index contributed by atoms with van der Waals surface area (Å²) in [4.78, 5) is 23.8. The van der Waals surface area contributed by atoms with Crippen molar-refractivity contribution in [3.05, 3.63) is 46.5 Å². The molecule has 0 atom stereocenters. The van der Waals surface area contributed by atoms with Crippen molar-refractivity contribution in [1.29, 1.82) is 0 Å². The van der Waals surface area contributed by atoms with E-state index >= 15 is 0 Å². The van der Waals surface area contributed by atoms with Crippen LogP contribution in [0.15, 0.2) is 24.5 Å². The Morgan fingerprint density at radius 1 is 1.18 bits per heavy atom. The number of hydrogen-bond donors (Lipinski definition) is 1. The van der Waals surface area contributed by atoms with Gasteiger partial charge in [0, 0.05) is 49.3 Å². The number of hydrogen-bond acceptors (Lipinski definition) is 9. The number of anilines is 1. The van der Waals surface area contributed by atoms with Crippen LogP contribution in [-0.4, -0.2) is 70.9 Å². The first kappa shape index (κ1) is 27.6. The van der Waals surface area contributed by atoms with Crippen molar-refractivity contribution in [2.24, 2.45) is 5.92 Å². The van der Waals surface area contributed by atoms with E-state index in [1.165, 1.54) is 25.6 Å². The number of nitrogens with zero attached hydrogens (tertiary/aromatic N) is 5. The van der Waals surface area contributed by atoms with Crippen LogP contribution in [0.3, 0.4) is 0 Å². The topological polar surface area (TPSA) is 102 Å². The second-order valence-corrected chi connectivity index (χ2v) is 10.1. The minimum absolute atomic E-state index is 0.129. The zero-order chi connectivity index (χ0) is 27.9. The average Bonchev–Trinajstić information content (AvgIpc) is 3.71. The van der Waals surface area contributed by atoms with Crippen LogP contribution in [0.25, 0.3) is 11.1 Å². The molecule has 1 saturated carbocycles. The molecule has 9 nitrogen and oxygen atoms in total. The van der Waals surface area contributed by atoms with Gasteiger partial charge in [0.05, 0.1) is 32.1 Å². The van der Waals surface area contributed by atoms with Crippen LogP contribution >= 0.6 is 11.3 Å². The second-order valence-electron chi connectivity index (χ2n) is 9.14. The SMILES string of the molecule is COc1cnc(C(F)F)cc1-c1cc(C#CCCN2CCOCC2)ncc1C(=O)Nc1nnc(C#CC2CC2)s1. The number of nitrogens with one attached hydrogen (secondary N) is 1. The van der Waals surface area contributed by atoms with E-state index < -0.39 is 18.0 Å². The molecule has 0 aromatic carbocycles. The van der Waals surface area contributed by atoms with E-state index in [2.05, 4.69) is 54.1 Å². The second kappa shape index (κ2) is 12.9. The fourth-order valence-electron chi connectivity index (χ4n) is 3.95. The lowest BCUT2D eigenvalue weighted by atomic mass is 9.99. The number of carbonyl (C=O) groups is 1. The van der Waals surface area contributed by atoms with E-state index in [9.17, 15) is 13.6 Å². The Bertz CT molecular complexity index is 1500. The number of ether oxygens (including phenoxy) is 2. The third kappa shape index (κ3) is 7.16. The molecule has 2 fully saturated rings. The molecule has 1 N–H and O–H groups in total. The highest BCUT2D eigenvalue weighted by Crippen LogP contribution is 2.35. The molecule has 3 aromatic heterocycles. The molecule has 40 heavy (non-hydrogen) atoms. The summed E-state index contributed by atoms with van der Waals surface area (Å²) in [5, 5.41) is 11.5. The van der Waals surface area contributed by atoms with Gasteiger partial charge >= 0.3 is 0 Å². The molecule has 0 bridgehead atoms. The molecule has 206 valence electrons. The molecule has 4 heterocycles. The number of amides is 1. The number of alkyl halides is 2. The van der Waals surface area contributed by atoms with Crippen LogP contribution in [0.2, 0.25) is 0 Å². The van der Waals surface area contributed by atoms with Crippen LogP contribution < -0.4 is 10.1 Å². The third-order valence-electron chi connectivity index (χ3n) is 6.25. The molecule has 3 aromatic rings. The number of aromatic nitrogens is 4. The van der Waals surface area contributed by atoms with Gasteiger partial charge in [0.2, 0.25) is 5.13 Å². The maximum Gasteiger partial charge on any atom is 0.280 e. The molecule has 0 unspecified atom stereocenters. The van der Waals surface area contributed by atoms with Gasteiger partial charge in [0.1, 0.15) is 17.1 Å². The van der Waals surface area contributed by atoms with Gasteiger partial charge in [-0.25, -0.2) is 13.8 Å². The van der Waals surface area contributed by atoms with E-state index in [0.717, 1.165) is 43.8 Å². The van der Waals surface area contributed by atoms with E-state index in [4.69, 9.17) is 9.47 Å². The Labute approximate surface area is 234 Å². The quantitative estimate of drug-likeness (QED) is 0.430. The largest absolute Gasteiger partial charge is 0.494 e. The first-order chi connectivity index (χ1) is 19.5. The lowest BCUT2D eigenvalue weighted by Crippen LogP contribution is -2.36. The number of morpholine rings is 1. The van der Waals surface area contributed by atoms with Gasteiger partial charge in [-0.05, 0) is 36.8 Å². The normalized spacial score (nSPS) is 15.1. The van der Waals surface area contributed by atoms with Crippen molar-refractivity contribution in [3.63, 3.8) is 0 Å². The Morgan fingerprint density at radius 2 is 2.00 bits per heavy atom. The molecule has 1 amide bonds. The van der Waals surface area contributed by atoms with Crippen LogP contribution in [0.5, 0.6) is 5.75 Å². The molecule has 12 heteroatoms. The predicted molar refractivity (Wildman–Crippen MR) is 145 cm³/mol. The lowest BCUT2D eigenvalue weighted by Gasteiger charge is -2.25. The standard InChI is InChI=1S/C28H26F2N6O3S/c1-38-24-17-32-23(26(29)30)15-21(24)20-14-19(4-2-3-9-36-10-12-39-13-11-36)31-16-22(20)27(37)33-28-35-34-25(40-28)8-7-18-5-6-18/h14-18,26H,3,5-6,9-13H2,1H3,(H,33,35,37). The average molecular weight is 565 g/mol. The molecular weight excluding hydrogens is 538 g/mol. The Balaban J connectivity index is 1.43. The van der Waals surface area contributed by atoms with Gasteiger partial charge < -0.3 is 9.47 Å². The summed E-state index contributed by atoms with van der Waals surface area (Å²) in [6.45, 7) is 3.95. The molecule has 5 rings (SSSR count). The summed E-state index contributed by atoms with van der Waals surface area (Å²) >= 11 is 1.15. The number of pyridine rings is 2. The zero-order valence-corrected chi connectivity index (χ0v) is 22.6. The summed E-state index contributed by atoms with van der Waals surface area (Å²) in [5.41, 5.74) is 0.665. The van der Waals surface area contributed by atoms with E-state index in [1.807, 2.05) is 0 Å². The summed E-state index contributed by atoms with van der Waals surface area (Å²) in [6.07, 6.45) is 2.57. The van der Waals surface area contributed by atoms with Crippen LogP contribution in [0.4, 0.5) is 13.9 Å². The lowest BCUT2D eigenvalue weighted by molar-refractivity contribution is 0.0390. The van der Waals surface area contributed by atoms with E-state index in [0.29, 0.717) is 41.8 Å². The van der Waals surface area contributed by atoms with Crippen molar-refractivity contribution >= 4 is 22.4 Å². The fraction of sp³-hybridized carbons (Fsp3) is 0.393. The monoisotopic (exact) mass is 564 g/mol. The van der Waals surface area contributed by atoms with Gasteiger partial charge in [0.15, 0.2) is 5.01 Å². The van der Waals surface area contributed by atoms with Crippen molar-refractivity contribution in [3.8, 4) is 40.6 Å². The zero-order valence-electron chi connectivity index (χ0n) is 21.7. The van der Waals surface area contributed by atoms with Crippen molar-refractivity contribution in [1.82, 2.24) is 25.1 Å². The van der Waals surface area contributed by atoms with Gasteiger partial charge in [-0.2, -0.15) is 0 Å². The summed E-state index contributed by atoms with van der Waals surface area (Å²) in [5.74, 6) is 12.3. The number of carbonyl (C=O) groups excluding carboxylic acids is 1. The Hall–Kier alpha value is -3.97. The van der Waals surface area contributed by atoms with Gasteiger partial charge in [-0.15, -0.1) is 10.2 Å². The minimum Gasteiger partial charge on any atom is -0.494 e.